The zero-order valence-electron chi connectivity index (χ0n) is 15.0. The molecule has 0 bridgehead atoms. The smallest absolute Gasteiger partial charge is 0.408 e. The van der Waals surface area contributed by atoms with Gasteiger partial charge in [-0.3, -0.25) is 4.79 Å². The molecule has 0 aliphatic rings. The standard InChI is InChI=1S/C18H26N2O5/c1-11(2)14(16(21)19-15(12(3)4)17(22)23)20-18(24)25-10-13-8-6-5-7-9-13/h5-9,11-12,14-15H,10H2,1-4H3,(H,19,21)(H,20,24)(H,22,23)/t14-,15-/m1/s1. The number of hydrogen-bond acceptors (Lipinski definition) is 4. The van der Waals surface area contributed by atoms with Gasteiger partial charge in [-0.2, -0.15) is 0 Å². The van der Waals surface area contributed by atoms with E-state index in [0.717, 1.165) is 5.56 Å². The van der Waals surface area contributed by atoms with Gasteiger partial charge in [0, 0.05) is 0 Å². The number of aliphatic carboxylic acids is 1. The van der Waals surface area contributed by atoms with E-state index in [1.54, 1.807) is 27.7 Å². The van der Waals surface area contributed by atoms with Crippen molar-refractivity contribution in [3.63, 3.8) is 0 Å². The number of benzene rings is 1. The van der Waals surface area contributed by atoms with Crippen LogP contribution in [0.3, 0.4) is 0 Å². The molecule has 138 valence electrons. The molecule has 1 aromatic carbocycles. The normalized spacial score (nSPS) is 13.2. The van der Waals surface area contributed by atoms with Crippen molar-refractivity contribution >= 4 is 18.0 Å². The van der Waals surface area contributed by atoms with Gasteiger partial charge in [0.25, 0.3) is 0 Å². The quantitative estimate of drug-likeness (QED) is 0.666. The molecule has 0 heterocycles. The molecule has 0 radical (unpaired) electrons. The number of carboxylic acid groups (broad SMARTS) is 1. The van der Waals surface area contributed by atoms with Crippen molar-refractivity contribution in [2.75, 3.05) is 0 Å². The van der Waals surface area contributed by atoms with Crippen molar-refractivity contribution < 1.29 is 24.2 Å². The van der Waals surface area contributed by atoms with E-state index in [1.807, 2.05) is 30.3 Å². The van der Waals surface area contributed by atoms with Crippen molar-refractivity contribution in [2.24, 2.45) is 11.8 Å². The summed E-state index contributed by atoms with van der Waals surface area (Å²) in [5.41, 5.74) is 0.828. The monoisotopic (exact) mass is 350 g/mol. The number of alkyl carbamates (subject to hydrolysis) is 1. The fourth-order valence-corrected chi connectivity index (χ4v) is 2.18. The van der Waals surface area contributed by atoms with Crippen LogP contribution in [0, 0.1) is 11.8 Å². The first-order chi connectivity index (χ1) is 11.7. The van der Waals surface area contributed by atoms with E-state index < -0.39 is 30.1 Å². The predicted molar refractivity (Wildman–Crippen MR) is 92.8 cm³/mol. The molecular weight excluding hydrogens is 324 g/mol. The summed E-state index contributed by atoms with van der Waals surface area (Å²) in [6, 6.07) is 7.26. The van der Waals surface area contributed by atoms with Crippen LogP contribution in [0.25, 0.3) is 0 Å². The molecule has 0 spiro atoms. The van der Waals surface area contributed by atoms with E-state index in [0.29, 0.717) is 0 Å². The lowest BCUT2D eigenvalue weighted by molar-refractivity contribution is -0.143. The van der Waals surface area contributed by atoms with Crippen molar-refractivity contribution in [3.8, 4) is 0 Å². The number of rotatable bonds is 8. The van der Waals surface area contributed by atoms with Gasteiger partial charge in [-0.25, -0.2) is 9.59 Å². The van der Waals surface area contributed by atoms with Gasteiger partial charge in [0.1, 0.15) is 18.7 Å². The molecule has 1 rings (SSSR count). The van der Waals surface area contributed by atoms with Crippen molar-refractivity contribution in [2.45, 2.75) is 46.4 Å². The van der Waals surface area contributed by atoms with Crippen LogP contribution in [-0.4, -0.2) is 35.2 Å². The highest BCUT2D eigenvalue weighted by molar-refractivity contribution is 5.89. The number of ether oxygens (including phenoxy) is 1. The van der Waals surface area contributed by atoms with Gasteiger partial charge in [-0.05, 0) is 17.4 Å². The highest BCUT2D eigenvalue weighted by Crippen LogP contribution is 2.07. The van der Waals surface area contributed by atoms with Crippen LogP contribution in [0.2, 0.25) is 0 Å². The summed E-state index contributed by atoms with van der Waals surface area (Å²) >= 11 is 0. The lowest BCUT2D eigenvalue weighted by Gasteiger charge is -2.25. The molecule has 0 saturated carbocycles. The molecular formula is C18H26N2O5. The Morgan fingerprint density at radius 3 is 2.00 bits per heavy atom. The third-order valence-electron chi connectivity index (χ3n) is 3.67. The second-order valence-corrected chi connectivity index (χ2v) is 6.50. The summed E-state index contributed by atoms with van der Waals surface area (Å²) in [6.45, 7) is 7.00. The highest BCUT2D eigenvalue weighted by Gasteiger charge is 2.30. The summed E-state index contributed by atoms with van der Waals surface area (Å²) in [7, 11) is 0. The predicted octanol–water partition coefficient (Wildman–Crippen LogP) is 2.16. The first-order valence-corrected chi connectivity index (χ1v) is 8.22. The molecule has 0 unspecified atom stereocenters. The molecule has 0 aliphatic heterocycles. The molecule has 0 fully saturated rings. The third-order valence-corrected chi connectivity index (χ3v) is 3.67. The maximum absolute atomic E-state index is 12.4. The Bertz CT molecular complexity index is 586. The molecule has 0 aromatic heterocycles. The lowest BCUT2D eigenvalue weighted by Crippen LogP contribution is -2.55. The number of carboxylic acids is 1. The van der Waals surface area contributed by atoms with Gasteiger partial charge in [-0.15, -0.1) is 0 Å². The maximum atomic E-state index is 12.4. The first kappa shape index (κ1) is 20.5. The number of carbonyl (C=O) groups excluding carboxylic acids is 2. The van der Waals surface area contributed by atoms with Crippen LogP contribution >= 0.6 is 0 Å². The van der Waals surface area contributed by atoms with Crippen LogP contribution in [0.1, 0.15) is 33.3 Å². The molecule has 3 N–H and O–H groups in total. The van der Waals surface area contributed by atoms with E-state index in [9.17, 15) is 19.5 Å². The molecule has 25 heavy (non-hydrogen) atoms. The molecule has 7 nitrogen and oxygen atoms in total. The van der Waals surface area contributed by atoms with Crippen LogP contribution in [0.4, 0.5) is 4.79 Å². The zero-order valence-corrected chi connectivity index (χ0v) is 15.0. The van der Waals surface area contributed by atoms with E-state index in [4.69, 9.17) is 4.74 Å². The second kappa shape index (κ2) is 9.66. The Labute approximate surface area is 147 Å². The third kappa shape index (κ3) is 6.82. The minimum absolute atomic E-state index is 0.0862. The Balaban J connectivity index is 2.64. The van der Waals surface area contributed by atoms with Gasteiger partial charge in [0.15, 0.2) is 0 Å². The second-order valence-electron chi connectivity index (χ2n) is 6.50. The topological polar surface area (TPSA) is 105 Å². The number of carbonyl (C=O) groups is 3. The molecule has 2 atom stereocenters. The largest absolute Gasteiger partial charge is 0.480 e. The van der Waals surface area contributed by atoms with Gasteiger partial charge in [0.2, 0.25) is 5.91 Å². The first-order valence-electron chi connectivity index (χ1n) is 8.22. The van der Waals surface area contributed by atoms with E-state index >= 15 is 0 Å². The minimum Gasteiger partial charge on any atom is -0.480 e. The zero-order chi connectivity index (χ0) is 19.0. The molecule has 7 heteroatoms. The Morgan fingerprint density at radius 2 is 1.52 bits per heavy atom. The highest BCUT2D eigenvalue weighted by atomic mass is 16.5. The SMILES string of the molecule is CC(C)[C@@H](NC(=O)[C@H](NC(=O)OCc1ccccc1)C(C)C)C(=O)O. The van der Waals surface area contributed by atoms with Crippen LogP contribution in [0.15, 0.2) is 30.3 Å². The molecule has 0 aliphatic carbocycles. The van der Waals surface area contributed by atoms with E-state index in [1.165, 1.54) is 0 Å². The van der Waals surface area contributed by atoms with Crippen LogP contribution in [-0.2, 0) is 20.9 Å². The van der Waals surface area contributed by atoms with Crippen LogP contribution < -0.4 is 10.6 Å². The maximum Gasteiger partial charge on any atom is 0.408 e. The van der Waals surface area contributed by atoms with Crippen molar-refractivity contribution in [1.82, 2.24) is 10.6 Å². The Hall–Kier alpha value is -2.57. The Kier molecular flexibility index (Phi) is 7.91. The lowest BCUT2D eigenvalue weighted by atomic mass is 10.0. The van der Waals surface area contributed by atoms with Gasteiger partial charge < -0.3 is 20.5 Å². The average Bonchev–Trinajstić information content (AvgIpc) is 2.55. The van der Waals surface area contributed by atoms with Crippen LogP contribution in [0.5, 0.6) is 0 Å². The number of hydrogen-bond donors (Lipinski definition) is 3. The fourth-order valence-electron chi connectivity index (χ4n) is 2.18. The van der Waals surface area contributed by atoms with E-state index in [-0.39, 0.29) is 18.4 Å². The summed E-state index contributed by atoms with van der Waals surface area (Å²) in [5.74, 6) is -2.17. The fraction of sp³-hybridized carbons (Fsp3) is 0.500. The molecule has 1 aromatic rings. The molecule has 2 amide bonds. The number of nitrogens with one attached hydrogen (secondary N) is 2. The summed E-state index contributed by atoms with van der Waals surface area (Å²) in [6.07, 6.45) is -0.728. The summed E-state index contributed by atoms with van der Waals surface area (Å²) < 4.78 is 5.11. The van der Waals surface area contributed by atoms with Crippen molar-refractivity contribution in [3.05, 3.63) is 35.9 Å². The van der Waals surface area contributed by atoms with Gasteiger partial charge in [0.05, 0.1) is 0 Å². The van der Waals surface area contributed by atoms with Gasteiger partial charge in [-0.1, -0.05) is 58.0 Å². The number of amides is 2. The Morgan fingerprint density at radius 1 is 0.960 bits per heavy atom. The van der Waals surface area contributed by atoms with Gasteiger partial charge >= 0.3 is 12.1 Å². The van der Waals surface area contributed by atoms with Crippen molar-refractivity contribution in [1.29, 1.82) is 0 Å². The summed E-state index contributed by atoms with van der Waals surface area (Å²) in [4.78, 5) is 35.6. The van der Waals surface area contributed by atoms with E-state index in [2.05, 4.69) is 10.6 Å². The molecule has 0 saturated heterocycles. The minimum atomic E-state index is -1.11. The average molecular weight is 350 g/mol. The summed E-state index contributed by atoms with van der Waals surface area (Å²) in [5, 5.41) is 14.1.